The van der Waals surface area contributed by atoms with Crippen LogP contribution in [0.25, 0.3) is 0 Å². The average molecular weight is 182 g/mol. The molecule has 1 aliphatic heterocycles. The molecular formula is C11H18S. The Bertz CT molecular complexity index is 197. The minimum absolute atomic E-state index is 0.869. The second-order valence-electron chi connectivity index (χ2n) is 4.56. The van der Waals surface area contributed by atoms with Gasteiger partial charge >= 0.3 is 0 Å². The molecule has 0 aromatic carbocycles. The zero-order valence-corrected chi connectivity index (χ0v) is 8.97. The summed E-state index contributed by atoms with van der Waals surface area (Å²) in [5, 5.41) is 3.22. The molecule has 2 aliphatic rings. The Labute approximate surface area is 79.8 Å². The summed E-state index contributed by atoms with van der Waals surface area (Å²) in [6.07, 6.45) is 3.86. The van der Waals surface area contributed by atoms with E-state index in [4.69, 9.17) is 0 Å². The van der Waals surface area contributed by atoms with E-state index in [2.05, 4.69) is 44.0 Å². The largest absolute Gasteiger partial charge is 0.130 e. The number of hydrogen-bond acceptors (Lipinski definition) is 1. The van der Waals surface area contributed by atoms with E-state index >= 15 is 0 Å². The van der Waals surface area contributed by atoms with Gasteiger partial charge in [-0.25, -0.2) is 0 Å². The summed E-state index contributed by atoms with van der Waals surface area (Å²) < 4.78 is 0. The lowest BCUT2D eigenvalue weighted by atomic mass is 9.69. The van der Waals surface area contributed by atoms with Crippen LogP contribution in [0.1, 0.15) is 27.2 Å². The molecule has 0 spiro atoms. The molecule has 0 aromatic heterocycles. The maximum absolute atomic E-state index is 2.44. The summed E-state index contributed by atoms with van der Waals surface area (Å²) >= 11 is 2.06. The molecule has 0 N–H and O–H groups in total. The first kappa shape index (κ1) is 8.68. The topological polar surface area (TPSA) is 0 Å². The maximum Gasteiger partial charge on any atom is 0.0180 e. The monoisotopic (exact) mass is 182 g/mol. The lowest BCUT2D eigenvalue weighted by Gasteiger charge is -2.39. The maximum atomic E-state index is 2.44. The Balaban J connectivity index is 2.16. The van der Waals surface area contributed by atoms with E-state index in [1.165, 1.54) is 6.42 Å². The van der Waals surface area contributed by atoms with E-state index in [1.807, 2.05) is 0 Å². The first-order valence-corrected chi connectivity index (χ1v) is 5.96. The van der Waals surface area contributed by atoms with Crippen LogP contribution in [0, 0.1) is 23.7 Å². The van der Waals surface area contributed by atoms with Crippen molar-refractivity contribution in [1.29, 1.82) is 0 Å². The molecule has 0 aromatic rings. The summed E-state index contributed by atoms with van der Waals surface area (Å²) in [6, 6.07) is 0. The predicted octanol–water partition coefficient (Wildman–Crippen LogP) is 3.54. The average Bonchev–Trinajstić information content (AvgIpc) is 2.48. The fraction of sp³-hybridized carbons (Fsp3) is 0.818. The molecule has 0 amide bonds. The minimum Gasteiger partial charge on any atom is -0.130 e. The lowest BCUT2D eigenvalue weighted by molar-refractivity contribution is 0.181. The van der Waals surface area contributed by atoms with Gasteiger partial charge in [0.1, 0.15) is 0 Å². The predicted molar refractivity (Wildman–Crippen MR) is 56.1 cm³/mol. The van der Waals surface area contributed by atoms with Crippen molar-refractivity contribution in [3.63, 3.8) is 0 Å². The highest BCUT2D eigenvalue weighted by molar-refractivity contribution is 8.03. The molecule has 68 valence electrons. The first-order valence-electron chi connectivity index (χ1n) is 5.02. The highest BCUT2D eigenvalue weighted by Crippen LogP contribution is 2.48. The van der Waals surface area contributed by atoms with Crippen LogP contribution in [0.3, 0.4) is 0 Å². The molecule has 0 saturated heterocycles. The van der Waals surface area contributed by atoms with E-state index in [-0.39, 0.29) is 0 Å². The quantitative estimate of drug-likeness (QED) is 0.552. The number of thioether (sulfide) groups is 1. The van der Waals surface area contributed by atoms with Gasteiger partial charge in [-0.1, -0.05) is 26.8 Å². The molecule has 5 atom stereocenters. The second-order valence-corrected chi connectivity index (χ2v) is 5.64. The summed E-state index contributed by atoms with van der Waals surface area (Å²) in [7, 11) is 0. The molecule has 5 unspecified atom stereocenters. The highest BCUT2D eigenvalue weighted by atomic mass is 32.2. The summed E-state index contributed by atoms with van der Waals surface area (Å²) in [5.41, 5.74) is 0. The first-order chi connectivity index (χ1) is 5.70. The Morgan fingerprint density at radius 1 is 1.17 bits per heavy atom. The molecule has 1 fully saturated rings. The van der Waals surface area contributed by atoms with Gasteiger partial charge in [0.05, 0.1) is 0 Å². The number of hydrogen-bond donors (Lipinski definition) is 0. The fourth-order valence-electron chi connectivity index (χ4n) is 2.73. The molecule has 1 aliphatic carbocycles. The van der Waals surface area contributed by atoms with E-state index in [9.17, 15) is 0 Å². The molecule has 1 saturated carbocycles. The van der Waals surface area contributed by atoms with Crippen molar-refractivity contribution in [2.24, 2.45) is 23.7 Å². The Morgan fingerprint density at radius 2 is 1.92 bits per heavy atom. The van der Waals surface area contributed by atoms with Gasteiger partial charge in [0.25, 0.3) is 0 Å². The van der Waals surface area contributed by atoms with Gasteiger partial charge in [-0.2, -0.15) is 0 Å². The summed E-state index contributed by atoms with van der Waals surface area (Å²) in [6.45, 7) is 7.25. The summed E-state index contributed by atoms with van der Waals surface area (Å²) in [5.74, 6) is 3.61. The zero-order chi connectivity index (χ0) is 8.72. The van der Waals surface area contributed by atoms with Gasteiger partial charge in [-0.05, 0) is 35.5 Å². The molecule has 0 nitrogen and oxygen atoms in total. The van der Waals surface area contributed by atoms with Crippen molar-refractivity contribution in [3.8, 4) is 0 Å². The number of rotatable bonds is 0. The van der Waals surface area contributed by atoms with Gasteiger partial charge in [0.15, 0.2) is 0 Å². The van der Waals surface area contributed by atoms with Crippen molar-refractivity contribution in [3.05, 3.63) is 11.5 Å². The van der Waals surface area contributed by atoms with Crippen LogP contribution < -0.4 is 0 Å². The minimum atomic E-state index is 0.869. The van der Waals surface area contributed by atoms with Gasteiger partial charge in [0, 0.05) is 5.25 Å². The Morgan fingerprint density at radius 3 is 2.67 bits per heavy atom. The van der Waals surface area contributed by atoms with Crippen LogP contribution in [-0.2, 0) is 0 Å². The van der Waals surface area contributed by atoms with Crippen molar-refractivity contribution >= 4 is 11.8 Å². The highest BCUT2D eigenvalue weighted by Gasteiger charge is 2.39. The Hall–Kier alpha value is 0.0900. The third-order valence-corrected chi connectivity index (χ3v) is 5.13. The summed E-state index contributed by atoms with van der Waals surface area (Å²) in [4.78, 5) is 0. The van der Waals surface area contributed by atoms with Gasteiger partial charge in [-0.15, -0.1) is 11.8 Å². The molecule has 0 bridgehead atoms. The molecular weight excluding hydrogens is 164 g/mol. The number of fused-ring (bicyclic) bond motifs is 1. The van der Waals surface area contributed by atoms with Crippen LogP contribution in [0.4, 0.5) is 0 Å². The van der Waals surface area contributed by atoms with Crippen molar-refractivity contribution in [2.45, 2.75) is 32.4 Å². The standard InChI is InChI=1S/C11H18S/c1-7-6-8(2)11-10(9(7)3)4-5-12-11/h4-5,7-11H,6H2,1-3H3. The lowest BCUT2D eigenvalue weighted by Crippen LogP contribution is -2.36. The van der Waals surface area contributed by atoms with Gasteiger partial charge < -0.3 is 0 Å². The van der Waals surface area contributed by atoms with Crippen LogP contribution in [0.15, 0.2) is 11.5 Å². The van der Waals surface area contributed by atoms with E-state index in [0.29, 0.717) is 0 Å². The van der Waals surface area contributed by atoms with Crippen LogP contribution in [0.2, 0.25) is 0 Å². The van der Waals surface area contributed by atoms with Crippen molar-refractivity contribution in [1.82, 2.24) is 0 Å². The SMILES string of the molecule is CC1CC(C)C2SC=CC2C1C. The third kappa shape index (κ3) is 1.22. The van der Waals surface area contributed by atoms with Crippen LogP contribution in [0.5, 0.6) is 0 Å². The van der Waals surface area contributed by atoms with Gasteiger partial charge in [0.2, 0.25) is 0 Å². The fourth-order valence-corrected chi connectivity index (χ4v) is 4.08. The molecule has 1 heteroatoms. The van der Waals surface area contributed by atoms with Crippen LogP contribution >= 0.6 is 11.8 Å². The molecule has 2 rings (SSSR count). The van der Waals surface area contributed by atoms with Gasteiger partial charge in [-0.3, -0.25) is 0 Å². The zero-order valence-electron chi connectivity index (χ0n) is 8.16. The second kappa shape index (κ2) is 3.10. The normalized spacial score (nSPS) is 52.4. The van der Waals surface area contributed by atoms with E-state index in [0.717, 1.165) is 28.9 Å². The molecule has 0 radical (unpaired) electrons. The molecule has 1 heterocycles. The van der Waals surface area contributed by atoms with E-state index in [1.54, 1.807) is 0 Å². The molecule has 12 heavy (non-hydrogen) atoms. The van der Waals surface area contributed by atoms with Crippen molar-refractivity contribution in [2.75, 3.05) is 0 Å². The Kier molecular flexibility index (Phi) is 2.24. The van der Waals surface area contributed by atoms with E-state index < -0.39 is 0 Å². The number of allylic oxidation sites excluding steroid dienone is 1. The third-order valence-electron chi connectivity index (χ3n) is 3.72. The van der Waals surface area contributed by atoms with Crippen molar-refractivity contribution < 1.29 is 0 Å². The smallest absolute Gasteiger partial charge is 0.0180 e. The van der Waals surface area contributed by atoms with Crippen LogP contribution in [-0.4, -0.2) is 5.25 Å².